The molecule has 0 fully saturated rings. The summed E-state index contributed by atoms with van der Waals surface area (Å²) in [6.07, 6.45) is 1.34. The van der Waals surface area contributed by atoms with Crippen molar-refractivity contribution in [2.45, 2.75) is 13.8 Å². The van der Waals surface area contributed by atoms with E-state index >= 15 is 0 Å². The molecule has 148 valence electrons. The number of amides is 1. The largest absolute Gasteiger partial charge is 0.494 e. The smallest absolute Gasteiger partial charge is 0.265 e. The van der Waals surface area contributed by atoms with Gasteiger partial charge in [0.05, 0.1) is 12.2 Å². The van der Waals surface area contributed by atoms with E-state index in [1.807, 2.05) is 31.2 Å². The van der Waals surface area contributed by atoms with E-state index in [2.05, 4.69) is 15.5 Å². The van der Waals surface area contributed by atoms with Crippen LogP contribution in [0.1, 0.15) is 23.0 Å². The third kappa shape index (κ3) is 3.38. The molecule has 0 aliphatic carbocycles. The van der Waals surface area contributed by atoms with Gasteiger partial charge >= 0.3 is 0 Å². The molecule has 0 aliphatic heterocycles. The van der Waals surface area contributed by atoms with Crippen LogP contribution in [0.15, 0.2) is 50.4 Å². The first-order valence-electron chi connectivity index (χ1n) is 8.94. The van der Waals surface area contributed by atoms with Gasteiger partial charge in [0.25, 0.3) is 11.5 Å². The fraction of sp³-hybridized carbons (Fsp3) is 0.200. The van der Waals surface area contributed by atoms with E-state index in [-0.39, 0.29) is 28.1 Å². The summed E-state index contributed by atoms with van der Waals surface area (Å²) < 4.78 is 17.4. The van der Waals surface area contributed by atoms with Crippen molar-refractivity contribution in [1.29, 1.82) is 0 Å². The zero-order valence-corrected chi connectivity index (χ0v) is 16.1. The Labute approximate surface area is 164 Å². The quantitative estimate of drug-likeness (QED) is 0.553. The van der Waals surface area contributed by atoms with Crippen molar-refractivity contribution in [3.8, 4) is 17.0 Å². The number of fused-ring (bicyclic) bond motifs is 1. The van der Waals surface area contributed by atoms with Crippen LogP contribution in [0.2, 0.25) is 0 Å². The Kier molecular flexibility index (Phi) is 4.63. The number of hydrogen-bond donors (Lipinski definition) is 1. The monoisotopic (exact) mass is 394 g/mol. The summed E-state index contributed by atoms with van der Waals surface area (Å²) in [6, 6.07) is 8.95. The molecule has 3 aromatic heterocycles. The van der Waals surface area contributed by atoms with Crippen molar-refractivity contribution < 1.29 is 18.5 Å². The molecule has 0 aliphatic rings. The molecule has 9 nitrogen and oxygen atoms in total. The number of nitrogens with one attached hydrogen (secondary N) is 1. The van der Waals surface area contributed by atoms with Crippen molar-refractivity contribution >= 4 is 22.9 Å². The van der Waals surface area contributed by atoms with Crippen LogP contribution in [0.5, 0.6) is 5.75 Å². The Morgan fingerprint density at radius 2 is 2.03 bits per heavy atom. The van der Waals surface area contributed by atoms with Crippen molar-refractivity contribution in [3.63, 3.8) is 0 Å². The Hall–Kier alpha value is -3.88. The van der Waals surface area contributed by atoms with Crippen molar-refractivity contribution in [2.75, 3.05) is 11.9 Å². The van der Waals surface area contributed by atoms with Gasteiger partial charge < -0.3 is 18.2 Å². The number of carbonyl (C=O) groups is 1. The number of ether oxygens (including phenoxy) is 1. The number of anilines is 1. The summed E-state index contributed by atoms with van der Waals surface area (Å²) >= 11 is 0. The molecule has 0 bridgehead atoms. The maximum atomic E-state index is 12.8. The molecule has 29 heavy (non-hydrogen) atoms. The lowest BCUT2D eigenvalue weighted by Gasteiger charge is -2.02. The highest BCUT2D eigenvalue weighted by Crippen LogP contribution is 2.26. The molecule has 9 heteroatoms. The van der Waals surface area contributed by atoms with Gasteiger partial charge in [-0.1, -0.05) is 5.16 Å². The highest BCUT2D eigenvalue weighted by atomic mass is 16.5. The summed E-state index contributed by atoms with van der Waals surface area (Å²) in [4.78, 5) is 29.3. The van der Waals surface area contributed by atoms with Gasteiger partial charge in [-0.15, -0.1) is 0 Å². The second kappa shape index (κ2) is 7.27. The Balaban J connectivity index is 1.60. The van der Waals surface area contributed by atoms with E-state index in [1.54, 1.807) is 20.0 Å². The molecule has 4 aromatic rings. The summed E-state index contributed by atoms with van der Waals surface area (Å²) in [6.45, 7) is 4.10. The van der Waals surface area contributed by atoms with Crippen molar-refractivity contribution in [3.05, 3.63) is 58.3 Å². The first kappa shape index (κ1) is 18.5. The molecule has 0 saturated heterocycles. The highest BCUT2D eigenvalue weighted by Gasteiger charge is 2.23. The molecule has 0 atom stereocenters. The fourth-order valence-electron chi connectivity index (χ4n) is 2.99. The van der Waals surface area contributed by atoms with Gasteiger partial charge in [-0.2, -0.15) is 0 Å². The third-order valence-corrected chi connectivity index (χ3v) is 4.38. The van der Waals surface area contributed by atoms with Crippen molar-refractivity contribution in [1.82, 2.24) is 14.7 Å². The number of benzene rings is 1. The first-order valence-corrected chi connectivity index (χ1v) is 8.94. The Morgan fingerprint density at radius 3 is 2.76 bits per heavy atom. The topological polar surface area (TPSA) is 112 Å². The normalized spacial score (nSPS) is 11.0. The van der Waals surface area contributed by atoms with Crippen LogP contribution in [-0.4, -0.2) is 27.2 Å². The van der Waals surface area contributed by atoms with Gasteiger partial charge in [0.2, 0.25) is 11.6 Å². The maximum Gasteiger partial charge on any atom is 0.265 e. The predicted octanol–water partition coefficient (Wildman–Crippen LogP) is 3.14. The zero-order valence-electron chi connectivity index (χ0n) is 16.1. The van der Waals surface area contributed by atoms with Crippen LogP contribution >= 0.6 is 0 Å². The number of rotatable bonds is 5. The molecule has 1 amide bonds. The Bertz CT molecular complexity index is 1250. The molecule has 0 radical (unpaired) electrons. The molecular formula is C20H18N4O5. The van der Waals surface area contributed by atoms with E-state index in [0.717, 1.165) is 11.3 Å². The van der Waals surface area contributed by atoms with E-state index in [9.17, 15) is 9.59 Å². The summed E-state index contributed by atoms with van der Waals surface area (Å²) in [5, 5.41) is 6.72. The van der Waals surface area contributed by atoms with Crippen LogP contribution < -0.4 is 15.6 Å². The van der Waals surface area contributed by atoms with Gasteiger partial charge in [0.15, 0.2) is 0 Å². The second-order valence-corrected chi connectivity index (χ2v) is 6.36. The standard InChI is InChI=1S/C20H18N4O5/c1-4-27-13-7-5-12(6-8-13)14-9-15(29-23-14)22-18(25)16-11(2)28-19-17(16)20(26)24(3)10-21-19/h5-10H,4H2,1-3H3,(H,22,25). The molecule has 0 unspecified atom stereocenters. The zero-order chi connectivity index (χ0) is 20.5. The third-order valence-electron chi connectivity index (χ3n) is 4.38. The lowest BCUT2D eigenvalue weighted by Crippen LogP contribution is -2.20. The average molecular weight is 394 g/mol. The van der Waals surface area contributed by atoms with Gasteiger partial charge in [0, 0.05) is 18.7 Å². The molecule has 4 rings (SSSR count). The van der Waals surface area contributed by atoms with E-state index in [4.69, 9.17) is 13.7 Å². The molecule has 1 aromatic carbocycles. The molecule has 1 N–H and O–H groups in total. The van der Waals surface area contributed by atoms with Gasteiger partial charge in [-0.05, 0) is 38.1 Å². The first-order chi connectivity index (χ1) is 14.0. The molecular weight excluding hydrogens is 376 g/mol. The van der Waals surface area contributed by atoms with Gasteiger partial charge in [-0.3, -0.25) is 14.9 Å². The van der Waals surface area contributed by atoms with Gasteiger partial charge in [-0.25, -0.2) is 4.98 Å². The number of aromatic nitrogens is 3. The van der Waals surface area contributed by atoms with E-state index < -0.39 is 5.91 Å². The average Bonchev–Trinajstić information content (AvgIpc) is 3.30. The SMILES string of the molecule is CCOc1ccc(-c2cc(NC(=O)c3c(C)oc4ncn(C)c(=O)c34)on2)cc1. The van der Waals surface area contributed by atoms with Crippen LogP contribution in [0.4, 0.5) is 5.88 Å². The van der Waals surface area contributed by atoms with Crippen LogP contribution in [0.3, 0.4) is 0 Å². The number of nitrogens with zero attached hydrogens (tertiary/aromatic N) is 3. The van der Waals surface area contributed by atoms with Gasteiger partial charge in [0.1, 0.15) is 28.9 Å². The van der Waals surface area contributed by atoms with E-state index in [0.29, 0.717) is 18.1 Å². The maximum absolute atomic E-state index is 12.8. The fourth-order valence-corrected chi connectivity index (χ4v) is 2.99. The minimum Gasteiger partial charge on any atom is -0.494 e. The lowest BCUT2D eigenvalue weighted by atomic mass is 10.1. The number of carbonyl (C=O) groups excluding carboxylic acids is 1. The Morgan fingerprint density at radius 1 is 1.28 bits per heavy atom. The highest BCUT2D eigenvalue weighted by molar-refractivity contribution is 6.12. The van der Waals surface area contributed by atoms with Crippen LogP contribution in [-0.2, 0) is 7.05 Å². The number of aryl methyl sites for hydroxylation is 2. The molecule has 0 saturated carbocycles. The summed E-state index contributed by atoms with van der Waals surface area (Å²) in [5.74, 6) is 0.652. The predicted molar refractivity (Wildman–Crippen MR) is 105 cm³/mol. The minimum atomic E-state index is -0.541. The molecule has 3 heterocycles. The lowest BCUT2D eigenvalue weighted by molar-refractivity contribution is 0.102. The minimum absolute atomic E-state index is 0.114. The summed E-state index contributed by atoms with van der Waals surface area (Å²) in [5.41, 5.74) is 1.22. The molecule has 0 spiro atoms. The number of hydrogen-bond acceptors (Lipinski definition) is 7. The van der Waals surface area contributed by atoms with Crippen molar-refractivity contribution in [2.24, 2.45) is 7.05 Å². The summed E-state index contributed by atoms with van der Waals surface area (Å²) in [7, 11) is 1.55. The van der Waals surface area contributed by atoms with Crippen LogP contribution in [0.25, 0.3) is 22.4 Å². The number of furan rings is 1. The van der Waals surface area contributed by atoms with Crippen LogP contribution in [0, 0.1) is 6.92 Å². The van der Waals surface area contributed by atoms with E-state index in [1.165, 1.54) is 10.9 Å². The second-order valence-electron chi connectivity index (χ2n) is 6.36.